The van der Waals surface area contributed by atoms with Crippen LogP contribution in [0.25, 0.3) is 0 Å². The fraction of sp³-hybridized carbons (Fsp3) is 0.333. The van der Waals surface area contributed by atoms with Crippen molar-refractivity contribution in [3.63, 3.8) is 0 Å². The number of halogens is 1. The van der Waals surface area contributed by atoms with Crippen molar-refractivity contribution in [3.8, 4) is 0 Å². The van der Waals surface area contributed by atoms with Gasteiger partial charge in [-0.3, -0.25) is 0 Å². The summed E-state index contributed by atoms with van der Waals surface area (Å²) >= 11 is 4.45. The van der Waals surface area contributed by atoms with Crippen LogP contribution in [0.2, 0.25) is 0 Å². The van der Waals surface area contributed by atoms with Gasteiger partial charge in [0.05, 0.1) is 3.79 Å². The predicted octanol–water partition coefficient (Wildman–Crippen LogP) is 3.76. The molecular formula is C12H14BrNO3S2. The summed E-state index contributed by atoms with van der Waals surface area (Å²) in [4.78, 5) is 0. The quantitative estimate of drug-likeness (QED) is 0.899. The van der Waals surface area contributed by atoms with Crippen LogP contribution in [-0.4, -0.2) is 8.42 Å². The Kier molecular flexibility index (Phi) is 4.20. The Hall–Kier alpha value is -0.630. The first-order valence-corrected chi connectivity index (χ1v) is 8.73. The number of hydrogen-bond acceptors (Lipinski definition) is 4. The molecule has 2 aromatic rings. The summed E-state index contributed by atoms with van der Waals surface area (Å²) in [6, 6.07) is 4.82. The topological polar surface area (TPSA) is 59.3 Å². The van der Waals surface area contributed by atoms with E-state index in [9.17, 15) is 8.42 Å². The van der Waals surface area contributed by atoms with Crippen molar-refractivity contribution in [1.82, 2.24) is 4.72 Å². The molecule has 0 spiro atoms. The van der Waals surface area contributed by atoms with Gasteiger partial charge in [0.2, 0.25) is 0 Å². The molecule has 104 valence electrons. The molecule has 0 radical (unpaired) electrons. The summed E-state index contributed by atoms with van der Waals surface area (Å²) in [5.74, 6) is 1.51. The SMILES string of the molecule is Cc1cc(C(C)NS(=O)(=O)c2ccc(Br)s2)c(C)o1. The molecule has 0 amide bonds. The highest BCUT2D eigenvalue weighted by Crippen LogP contribution is 2.28. The number of furan rings is 1. The Morgan fingerprint density at radius 3 is 2.53 bits per heavy atom. The maximum Gasteiger partial charge on any atom is 0.250 e. The molecule has 2 aromatic heterocycles. The van der Waals surface area contributed by atoms with Crippen LogP contribution in [0, 0.1) is 13.8 Å². The van der Waals surface area contributed by atoms with E-state index in [4.69, 9.17) is 4.42 Å². The normalized spacial score (nSPS) is 13.7. The highest BCUT2D eigenvalue weighted by molar-refractivity contribution is 9.11. The first-order chi connectivity index (χ1) is 8.79. The average molecular weight is 364 g/mol. The molecule has 0 saturated heterocycles. The Balaban J connectivity index is 2.23. The average Bonchev–Trinajstić information content (AvgIpc) is 2.84. The smallest absolute Gasteiger partial charge is 0.250 e. The highest BCUT2D eigenvalue weighted by Gasteiger charge is 2.22. The standard InChI is InChI=1S/C12H14BrNO3S2/c1-7-6-10(9(3)17-7)8(2)14-19(15,16)12-5-4-11(13)18-12/h4-6,8,14H,1-3H3. The minimum atomic E-state index is -3.50. The molecule has 7 heteroatoms. The molecule has 0 fully saturated rings. The monoisotopic (exact) mass is 363 g/mol. The molecule has 4 nitrogen and oxygen atoms in total. The van der Waals surface area contributed by atoms with Crippen LogP contribution < -0.4 is 4.72 Å². The van der Waals surface area contributed by atoms with Crippen LogP contribution in [0.4, 0.5) is 0 Å². The minimum Gasteiger partial charge on any atom is -0.466 e. The molecule has 0 aromatic carbocycles. The lowest BCUT2D eigenvalue weighted by atomic mass is 10.1. The van der Waals surface area contributed by atoms with E-state index in [1.807, 2.05) is 19.9 Å². The molecule has 0 saturated carbocycles. The van der Waals surface area contributed by atoms with Crippen LogP contribution in [0.3, 0.4) is 0 Å². The van der Waals surface area contributed by atoms with Crippen LogP contribution in [0.15, 0.2) is 30.6 Å². The molecule has 1 unspecified atom stereocenters. The third-order valence-electron chi connectivity index (χ3n) is 2.69. The molecule has 2 heterocycles. The predicted molar refractivity (Wildman–Crippen MR) is 78.9 cm³/mol. The zero-order valence-electron chi connectivity index (χ0n) is 10.7. The van der Waals surface area contributed by atoms with Gasteiger partial charge in [-0.15, -0.1) is 11.3 Å². The van der Waals surface area contributed by atoms with Gasteiger partial charge in [-0.1, -0.05) is 0 Å². The maximum atomic E-state index is 12.2. The summed E-state index contributed by atoms with van der Waals surface area (Å²) in [6.45, 7) is 5.47. The van der Waals surface area contributed by atoms with Crippen LogP contribution in [0.5, 0.6) is 0 Å². The van der Waals surface area contributed by atoms with Crippen molar-refractivity contribution in [2.75, 3.05) is 0 Å². The molecule has 0 aliphatic rings. The Morgan fingerprint density at radius 1 is 1.37 bits per heavy atom. The van der Waals surface area contributed by atoms with Crippen molar-refractivity contribution < 1.29 is 12.8 Å². The molecular weight excluding hydrogens is 350 g/mol. The first-order valence-electron chi connectivity index (χ1n) is 5.64. The van der Waals surface area contributed by atoms with Crippen molar-refractivity contribution in [2.24, 2.45) is 0 Å². The number of nitrogens with one attached hydrogen (secondary N) is 1. The molecule has 0 aliphatic carbocycles. The van der Waals surface area contributed by atoms with Gasteiger partial charge >= 0.3 is 0 Å². The molecule has 1 atom stereocenters. The maximum absolute atomic E-state index is 12.2. The lowest BCUT2D eigenvalue weighted by Crippen LogP contribution is -2.26. The van der Waals surface area contributed by atoms with Gasteiger partial charge in [0.15, 0.2) is 0 Å². The van der Waals surface area contributed by atoms with Crippen LogP contribution in [-0.2, 0) is 10.0 Å². The molecule has 0 aliphatic heterocycles. The van der Waals surface area contributed by atoms with Gasteiger partial charge in [0, 0.05) is 11.6 Å². The second-order valence-corrected chi connectivity index (χ2v) is 8.67. The fourth-order valence-corrected chi connectivity index (χ4v) is 5.13. The van der Waals surface area contributed by atoms with Gasteiger partial charge in [-0.05, 0) is 54.9 Å². The zero-order valence-corrected chi connectivity index (χ0v) is 13.9. The molecule has 19 heavy (non-hydrogen) atoms. The van der Waals surface area contributed by atoms with Gasteiger partial charge in [-0.2, -0.15) is 0 Å². The Labute approximate surface area is 125 Å². The lowest BCUT2D eigenvalue weighted by Gasteiger charge is -2.12. The van der Waals surface area contributed by atoms with E-state index in [1.54, 1.807) is 19.1 Å². The van der Waals surface area contributed by atoms with Gasteiger partial charge in [-0.25, -0.2) is 13.1 Å². The fourth-order valence-electron chi connectivity index (χ4n) is 1.88. The molecule has 2 rings (SSSR count). The highest BCUT2D eigenvalue weighted by atomic mass is 79.9. The zero-order chi connectivity index (χ0) is 14.2. The van der Waals surface area contributed by atoms with Gasteiger partial charge < -0.3 is 4.42 Å². The third-order valence-corrected chi connectivity index (χ3v) is 6.35. The van der Waals surface area contributed by atoms with Crippen LogP contribution >= 0.6 is 27.3 Å². The second-order valence-electron chi connectivity index (χ2n) is 4.27. The Bertz CT molecular complexity index is 688. The third kappa shape index (κ3) is 3.28. The summed E-state index contributed by atoms with van der Waals surface area (Å²) in [5, 5.41) is 0. The Morgan fingerprint density at radius 2 is 2.05 bits per heavy atom. The summed E-state index contributed by atoms with van der Waals surface area (Å²) in [7, 11) is -3.50. The van der Waals surface area contributed by atoms with Crippen molar-refractivity contribution in [2.45, 2.75) is 31.0 Å². The van der Waals surface area contributed by atoms with Crippen molar-refractivity contribution in [3.05, 3.63) is 39.1 Å². The second kappa shape index (κ2) is 5.40. The van der Waals surface area contributed by atoms with Gasteiger partial charge in [0.1, 0.15) is 15.7 Å². The summed E-state index contributed by atoms with van der Waals surface area (Å²) in [6.07, 6.45) is 0. The first kappa shape index (κ1) is 14.8. The van der Waals surface area contributed by atoms with E-state index < -0.39 is 10.0 Å². The number of sulfonamides is 1. The van der Waals surface area contributed by atoms with E-state index >= 15 is 0 Å². The van der Waals surface area contributed by atoms with Gasteiger partial charge in [0.25, 0.3) is 10.0 Å². The van der Waals surface area contributed by atoms with Crippen LogP contribution in [0.1, 0.15) is 30.0 Å². The number of rotatable bonds is 4. The molecule has 1 N–H and O–H groups in total. The number of hydrogen-bond donors (Lipinski definition) is 1. The summed E-state index contributed by atoms with van der Waals surface area (Å²) in [5.41, 5.74) is 0.858. The molecule has 0 bridgehead atoms. The van der Waals surface area contributed by atoms with E-state index in [2.05, 4.69) is 20.7 Å². The number of aryl methyl sites for hydroxylation is 2. The minimum absolute atomic E-state index is 0.295. The van der Waals surface area contributed by atoms with Crippen molar-refractivity contribution in [1.29, 1.82) is 0 Å². The van der Waals surface area contributed by atoms with E-state index in [0.717, 1.165) is 20.9 Å². The largest absolute Gasteiger partial charge is 0.466 e. The van der Waals surface area contributed by atoms with Crippen molar-refractivity contribution >= 4 is 37.3 Å². The van der Waals surface area contributed by atoms with E-state index in [0.29, 0.717) is 4.21 Å². The summed E-state index contributed by atoms with van der Waals surface area (Å²) < 4.78 is 33.6. The number of thiophene rings is 1. The van der Waals surface area contributed by atoms with E-state index in [1.165, 1.54) is 11.3 Å². The van der Waals surface area contributed by atoms with E-state index in [-0.39, 0.29) is 6.04 Å². The lowest BCUT2D eigenvalue weighted by molar-refractivity contribution is 0.496.